The first-order valence-corrected chi connectivity index (χ1v) is 13.6. The number of benzene rings is 1. The van der Waals surface area contributed by atoms with Crippen molar-refractivity contribution in [1.82, 2.24) is 35.1 Å². The Morgan fingerprint density at radius 1 is 1.12 bits per heavy atom. The van der Waals surface area contributed by atoms with Crippen molar-refractivity contribution in [3.63, 3.8) is 0 Å². The summed E-state index contributed by atoms with van der Waals surface area (Å²) in [6.07, 6.45) is 6.17. The van der Waals surface area contributed by atoms with Crippen molar-refractivity contribution in [2.75, 3.05) is 33.2 Å². The fourth-order valence-corrected chi connectivity index (χ4v) is 5.33. The quantitative estimate of drug-likeness (QED) is 0.337. The highest BCUT2D eigenvalue weighted by atomic mass is 19.1. The number of nitrogens with zero attached hydrogens (tertiary/aromatic N) is 5. The van der Waals surface area contributed by atoms with Gasteiger partial charge in [0.1, 0.15) is 24.6 Å². The minimum atomic E-state index is -1.18. The Kier molecular flexibility index (Phi) is 8.16. The van der Waals surface area contributed by atoms with Gasteiger partial charge in [-0.2, -0.15) is 10.2 Å². The number of carbonyl (C=O) groups excluding carboxylic acids is 2. The Labute approximate surface area is 236 Å². The van der Waals surface area contributed by atoms with Crippen LogP contribution in [0.2, 0.25) is 0 Å². The zero-order valence-corrected chi connectivity index (χ0v) is 23.0. The summed E-state index contributed by atoms with van der Waals surface area (Å²) in [6, 6.07) is 3.35. The van der Waals surface area contributed by atoms with Gasteiger partial charge in [0.25, 0.3) is 0 Å². The lowest BCUT2D eigenvalue weighted by molar-refractivity contribution is -0.137. The molecule has 2 amide bonds. The molecule has 41 heavy (non-hydrogen) atoms. The minimum Gasteiger partial charge on any atom is -0.480 e. The highest BCUT2D eigenvalue weighted by Crippen LogP contribution is 2.34. The number of amides is 2. The van der Waals surface area contributed by atoms with E-state index in [1.807, 2.05) is 16.8 Å². The van der Waals surface area contributed by atoms with Crippen LogP contribution in [0.1, 0.15) is 41.8 Å². The van der Waals surface area contributed by atoms with Crippen LogP contribution in [0.15, 0.2) is 24.4 Å². The number of aliphatic carboxylic acids is 1. The largest absolute Gasteiger partial charge is 0.480 e. The van der Waals surface area contributed by atoms with Crippen molar-refractivity contribution in [3.05, 3.63) is 52.7 Å². The lowest BCUT2D eigenvalue weighted by Crippen LogP contribution is -2.40. The molecule has 3 N–H and O–H groups in total. The van der Waals surface area contributed by atoms with Crippen molar-refractivity contribution in [2.45, 2.75) is 39.3 Å². The van der Waals surface area contributed by atoms with Crippen LogP contribution in [0, 0.1) is 30.5 Å². The molecule has 1 fully saturated rings. The molecular weight excluding hydrogens is 529 g/mol. The van der Waals surface area contributed by atoms with E-state index in [0.29, 0.717) is 40.4 Å². The van der Waals surface area contributed by atoms with Gasteiger partial charge in [-0.25, -0.2) is 9.07 Å². The summed E-state index contributed by atoms with van der Waals surface area (Å²) in [4.78, 5) is 37.3. The number of carbonyl (C=O) groups is 3. The molecule has 3 heterocycles. The smallest absolute Gasteiger partial charge is 0.322 e. The maximum atomic E-state index is 15.6. The molecule has 0 atom stereocenters. The molecule has 5 rings (SSSR count). The Morgan fingerprint density at radius 2 is 1.88 bits per heavy atom. The molecule has 3 aromatic rings. The van der Waals surface area contributed by atoms with Gasteiger partial charge < -0.3 is 20.6 Å². The highest BCUT2D eigenvalue weighted by molar-refractivity contribution is 5.91. The number of carboxylic acids is 1. The number of allylic oxidation sites excluding steroid dienone is 1. The van der Waals surface area contributed by atoms with Crippen LogP contribution in [0.4, 0.5) is 4.39 Å². The summed E-state index contributed by atoms with van der Waals surface area (Å²) >= 11 is 0. The Morgan fingerprint density at radius 3 is 2.63 bits per heavy atom. The Balaban J connectivity index is 1.39. The van der Waals surface area contributed by atoms with E-state index in [0.717, 1.165) is 43.4 Å². The molecule has 0 unspecified atom stereocenters. The summed E-state index contributed by atoms with van der Waals surface area (Å²) in [5, 5.41) is 23.1. The third kappa shape index (κ3) is 6.30. The number of aromatic nitrogens is 4. The molecule has 1 aliphatic carbocycles. The first-order chi connectivity index (χ1) is 19.7. The second-order valence-electron chi connectivity index (χ2n) is 10.5. The molecule has 0 radical (unpaired) electrons. The Bertz CT molecular complexity index is 1600. The third-order valence-corrected chi connectivity index (χ3v) is 7.48. The predicted molar refractivity (Wildman–Crippen MR) is 149 cm³/mol. The van der Waals surface area contributed by atoms with Crippen LogP contribution >= 0.6 is 0 Å². The molecule has 2 aromatic heterocycles. The number of fused-ring (bicyclic) bond motifs is 2. The lowest BCUT2D eigenvalue weighted by Gasteiger charge is -2.28. The Hall–Kier alpha value is -4.50. The number of carboxylic acid groups (broad SMARTS) is 1. The maximum absolute atomic E-state index is 15.6. The van der Waals surface area contributed by atoms with E-state index in [1.165, 1.54) is 10.7 Å². The minimum absolute atomic E-state index is 0.213. The first-order valence-electron chi connectivity index (χ1n) is 13.6. The summed E-state index contributed by atoms with van der Waals surface area (Å²) < 4.78 is 19.0. The predicted octanol–water partition coefficient (Wildman–Crippen LogP) is 1.53. The van der Waals surface area contributed by atoms with Gasteiger partial charge in [-0.15, -0.1) is 0 Å². The van der Waals surface area contributed by atoms with E-state index >= 15 is 4.39 Å². The summed E-state index contributed by atoms with van der Waals surface area (Å²) in [7, 11) is 2.13. The van der Waals surface area contributed by atoms with Gasteiger partial charge in [-0.3, -0.25) is 19.1 Å². The zero-order chi connectivity index (χ0) is 29.1. The van der Waals surface area contributed by atoms with Crippen molar-refractivity contribution in [1.29, 1.82) is 0 Å². The number of piperidine rings is 1. The average Bonchev–Trinajstić information content (AvgIpc) is 3.36. The summed E-state index contributed by atoms with van der Waals surface area (Å²) in [5.41, 5.74) is 3.64. The van der Waals surface area contributed by atoms with Gasteiger partial charge in [0, 0.05) is 29.5 Å². The third-order valence-electron chi connectivity index (χ3n) is 7.48. The number of aryl methyl sites for hydroxylation is 1. The van der Waals surface area contributed by atoms with E-state index in [2.05, 4.69) is 44.6 Å². The molecule has 11 nitrogen and oxygen atoms in total. The molecule has 214 valence electrons. The zero-order valence-electron chi connectivity index (χ0n) is 23.0. The molecule has 0 spiro atoms. The molecule has 1 aliphatic heterocycles. The number of likely N-dealkylation sites (tertiary alicyclic amines) is 1. The first kappa shape index (κ1) is 28.0. The van der Waals surface area contributed by atoms with Gasteiger partial charge in [-0.05, 0) is 69.4 Å². The van der Waals surface area contributed by atoms with Crippen molar-refractivity contribution < 1.29 is 23.9 Å². The van der Waals surface area contributed by atoms with Gasteiger partial charge in [0.2, 0.25) is 11.8 Å². The van der Waals surface area contributed by atoms with Gasteiger partial charge in [0.05, 0.1) is 24.0 Å². The molecule has 0 bridgehead atoms. The fraction of sp³-hybridized carbons (Fsp3) is 0.414. The number of hydrogen-bond acceptors (Lipinski definition) is 6. The van der Waals surface area contributed by atoms with E-state index < -0.39 is 24.3 Å². The monoisotopic (exact) mass is 561 g/mol. The second-order valence-corrected chi connectivity index (χ2v) is 10.5. The molecule has 1 saturated heterocycles. The van der Waals surface area contributed by atoms with Crippen LogP contribution in [0.3, 0.4) is 0 Å². The van der Waals surface area contributed by atoms with Gasteiger partial charge >= 0.3 is 5.97 Å². The lowest BCUT2D eigenvalue weighted by atomic mass is 9.94. The number of nitrogens with one attached hydrogen (secondary N) is 2. The number of halogens is 1. The summed E-state index contributed by atoms with van der Waals surface area (Å²) in [5.74, 6) is 3.94. The number of hydrogen-bond donors (Lipinski definition) is 3. The second kappa shape index (κ2) is 11.9. The number of rotatable bonds is 9. The summed E-state index contributed by atoms with van der Waals surface area (Å²) in [6.45, 7) is 3.55. The van der Waals surface area contributed by atoms with E-state index in [4.69, 9.17) is 5.11 Å². The highest BCUT2D eigenvalue weighted by Gasteiger charge is 2.25. The van der Waals surface area contributed by atoms with E-state index in [-0.39, 0.29) is 18.9 Å². The van der Waals surface area contributed by atoms with Gasteiger partial charge in [0.15, 0.2) is 0 Å². The standard InChI is InChI=1S/C29H32FN7O4/c1-18-29-21(5-3-4-6-24(29)37(34-18)17-27(39)31-14-26(38)32-15-28(40)41)22-12-25-20(11-23(22)30)13-33-36(25)16-19-7-9-35(2)10-8-19/h5,11-13,19H,3,7-10,14-17H2,1-2H3,(H,31,39)(H,32,38)(H,40,41). The van der Waals surface area contributed by atoms with Crippen molar-refractivity contribution >= 4 is 34.3 Å². The fourth-order valence-electron chi connectivity index (χ4n) is 5.33. The molecule has 12 heteroatoms. The van der Waals surface area contributed by atoms with Gasteiger partial charge in [-0.1, -0.05) is 12.0 Å². The van der Waals surface area contributed by atoms with Crippen molar-refractivity contribution in [3.8, 4) is 11.8 Å². The SMILES string of the molecule is Cc1nn(CC(=O)NCC(=O)NCC(=O)O)c2c1C(c1cc3c(cnn3CC3CCN(C)CC3)cc1F)=CCC#C2. The van der Waals surface area contributed by atoms with E-state index in [9.17, 15) is 14.4 Å². The maximum Gasteiger partial charge on any atom is 0.322 e. The van der Waals surface area contributed by atoms with Crippen molar-refractivity contribution in [2.24, 2.45) is 5.92 Å². The van der Waals surface area contributed by atoms with Crippen LogP contribution in [-0.4, -0.2) is 80.6 Å². The normalized spacial score (nSPS) is 15.4. The van der Waals surface area contributed by atoms with Crippen LogP contribution in [0.25, 0.3) is 16.5 Å². The van der Waals surface area contributed by atoms with Crippen LogP contribution < -0.4 is 10.6 Å². The topological polar surface area (TPSA) is 134 Å². The molecule has 2 aliphatic rings. The van der Waals surface area contributed by atoms with Crippen LogP contribution in [0.5, 0.6) is 0 Å². The molecule has 1 aromatic carbocycles. The molecular formula is C29H32FN7O4. The van der Waals surface area contributed by atoms with Crippen LogP contribution in [-0.2, 0) is 27.5 Å². The average molecular weight is 562 g/mol. The molecule has 0 saturated carbocycles. The van der Waals surface area contributed by atoms with E-state index in [1.54, 1.807) is 13.1 Å².